The number of benzene rings is 1. The van der Waals surface area contributed by atoms with Crippen molar-refractivity contribution in [2.75, 3.05) is 7.11 Å². The van der Waals surface area contributed by atoms with Crippen molar-refractivity contribution in [3.05, 3.63) is 41.3 Å². The Balaban J connectivity index is 3.16. The monoisotopic (exact) mass is 183 g/mol. The second kappa shape index (κ2) is 3.59. The van der Waals surface area contributed by atoms with Crippen molar-refractivity contribution in [2.24, 2.45) is 0 Å². The van der Waals surface area contributed by atoms with Crippen LogP contribution in [-0.4, -0.2) is 13.1 Å². The van der Waals surface area contributed by atoms with E-state index in [4.69, 9.17) is 11.6 Å². The zero-order valence-electron chi connectivity index (χ0n) is 6.63. The van der Waals surface area contributed by atoms with Crippen molar-refractivity contribution < 1.29 is 9.53 Å². The lowest BCUT2D eigenvalue weighted by molar-refractivity contribution is 0.0601. The molecule has 0 saturated heterocycles. The highest BCUT2D eigenvalue weighted by atomic mass is 35.5. The van der Waals surface area contributed by atoms with Gasteiger partial charge in [0.05, 0.1) is 17.7 Å². The van der Waals surface area contributed by atoms with E-state index in [9.17, 15) is 4.79 Å². The molecular weight excluding hydrogens is 176 g/mol. The summed E-state index contributed by atoms with van der Waals surface area (Å²) in [6, 6.07) is 5.04. The van der Waals surface area contributed by atoms with E-state index in [1.807, 2.05) is 0 Å². The van der Waals surface area contributed by atoms with Gasteiger partial charge in [-0.05, 0) is 18.6 Å². The van der Waals surface area contributed by atoms with Crippen LogP contribution in [0.25, 0.3) is 0 Å². The molecule has 0 fully saturated rings. The Kier molecular flexibility index (Phi) is 2.71. The van der Waals surface area contributed by atoms with Crippen LogP contribution in [0.3, 0.4) is 0 Å². The van der Waals surface area contributed by atoms with E-state index in [0.29, 0.717) is 16.1 Å². The number of hydrogen-bond acceptors (Lipinski definition) is 2. The molecule has 0 N–H and O–H groups in total. The zero-order valence-corrected chi connectivity index (χ0v) is 7.39. The van der Waals surface area contributed by atoms with Crippen LogP contribution < -0.4 is 0 Å². The fourth-order valence-electron chi connectivity index (χ4n) is 0.847. The summed E-state index contributed by atoms with van der Waals surface area (Å²) in [5.41, 5.74) is 0.978. The Morgan fingerprint density at radius 2 is 2.25 bits per heavy atom. The SMILES string of the molecule is [CH2]c1cccc(C(=O)OC)c1Cl. The van der Waals surface area contributed by atoms with Gasteiger partial charge in [0.1, 0.15) is 0 Å². The number of halogens is 1. The molecule has 0 aromatic heterocycles. The standard InChI is InChI=1S/C9H8ClO2/c1-6-4-3-5-7(8(6)10)9(11)12-2/h3-5H,1H2,2H3. The third-order valence-electron chi connectivity index (χ3n) is 1.48. The van der Waals surface area contributed by atoms with Crippen molar-refractivity contribution in [3.8, 4) is 0 Å². The highest BCUT2D eigenvalue weighted by molar-refractivity contribution is 6.34. The van der Waals surface area contributed by atoms with Crippen LogP contribution in [0.15, 0.2) is 18.2 Å². The largest absolute Gasteiger partial charge is 0.465 e. The molecule has 1 aromatic rings. The van der Waals surface area contributed by atoms with Gasteiger partial charge < -0.3 is 4.74 Å². The number of methoxy groups -OCH3 is 1. The third-order valence-corrected chi connectivity index (χ3v) is 1.93. The van der Waals surface area contributed by atoms with Crippen LogP contribution in [0, 0.1) is 6.92 Å². The molecule has 0 amide bonds. The highest BCUT2D eigenvalue weighted by Crippen LogP contribution is 2.20. The highest BCUT2D eigenvalue weighted by Gasteiger charge is 2.10. The minimum atomic E-state index is -0.439. The first kappa shape index (κ1) is 9.07. The maximum Gasteiger partial charge on any atom is 0.339 e. The van der Waals surface area contributed by atoms with Crippen LogP contribution in [0.4, 0.5) is 0 Å². The summed E-state index contributed by atoms with van der Waals surface area (Å²) < 4.78 is 4.52. The van der Waals surface area contributed by atoms with Gasteiger partial charge in [0.15, 0.2) is 0 Å². The molecule has 1 rings (SSSR count). The molecule has 1 radical (unpaired) electrons. The smallest absolute Gasteiger partial charge is 0.339 e. The van der Waals surface area contributed by atoms with Gasteiger partial charge in [-0.3, -0.25) is 0 Å². The number of rotatable bonds is 1. The summed E-state index contributed by atoms with van der Waals surface area (Å²) in [6.45, 7) is 3.66. The molecule has 3 heteroatoms. The molecule has 2 nitrogen and oxygen atoms in total. The fraction of sp³-hybridized carbons (Fsp3) is 0.111. The normalized spacial score (nSPS) is 9.58. The van der Waals surface area contributed by atoms with E-state index in [-0.39, 0.29) is 0 Å². The predicted molar refractivity (Wildman–Crippen MR) is 47.3 cm³/mol. The molecule has 63 valence electrons. The second-order valence-electron chi connectivity index (χ2n) is 2.27. The Labute approximate surface area is 76.1 Å². The maximum atomic E-state index is 11.1. The third kappa shape index (κ3) is 1.59. The van der Waals surface area contributed by atoms with Crippen LogP contribution in [0.2, 0.25) is 5.02 Å². The fourth-order valence-corrected chi connectivity index (χ4v) is 1.05. The lowest BCUT2D eigenvalue weighted by Gasteiger charge is -2.03. The van der Waals surface area contributed by atoms with Gasteiger partial charge >= 0.3 is 5.97 Å². The van der Waals surface area contributed by atoms with Crippen LogP contribution in [0.5, 0.6) is 0 Å². The first-order chi connectivity index (χ1) is 5.66. The van der Waals surface area contributed by atoms with E-state index in [1.54, 1.807) is 18.2 Å². The summed E-state index contributed by atoms with van der Waals surface area (Å²) in [7, 11) is 1.31. The average molecular weight is 184 g/mol. The lowest BCUT2D eigenvalue weighted by atomic mass is 10.1. The summed E-state index contributed by atoms with van der Waals surface area (Å²) in [4.78, 5) is 11.1. The van der Waals surface area contributed by atoms with Gasteiger partial charge in [-0.15, -0.1) is 0 Å². The van der Waals surface area contributed by atoms with Gasteiger partial charge in [0.2, 0.25) is 0 Å². The van der Waals surface area contributed by atoms with Gasteiger partial charge in [-0.2, -0.15) is 0 Å². The molecular formula is C9H8ClO2. The number of esters is 1. The molecule has 0 atom stereocenters. The van der Waals surface area contributed by atoms with Crippen molar-refractivity contribution in [3.63, 3.8) is 0 Å². The van der Waals surface area contributed by atoms with Crippen molar-refractivity contribution in [1.29, 1.82) is 0 Å². The molecule has 0 unspecified atom stereocenters. The molecule has 0 saturated carbocycles. The molecule has 0 aliphatic heterocycles. The van der Waals surface area contributed by atoms with Crippen molar-refractivity contribution >= 4 is 17.6 Å². The molecule has 12 heavy (non-hydrogen) atoms. The molecule has 0 aliphatic carbocycles. The van der Waals surface area contributed by atoms with E-state index >= 15 is 0 Å². The zero-order chi connectivity index (χ0) is 9.14. The average Bonchev–Trinajstić information content (AvgIpc) is 2.08. The topological polar surface area (TPSA) is 26.3 Å². The number of hydrogen-bond donors (Lipinski definition) is 0. The summed E-state index contributed by atoms with van der Waals surface area (Å²) in [5.74, 6) is -0.439. The Morgan fingerprint density at radius 3 is 2.83 bits per heavy atom. The number of carbonyl (C=O) groups excluding carboxylic acids is 1. The van der Waals surface area contributed by atoms with Gasteiger partial charge in [0.25, 0.3) is 0 Å². The van der Waals surface area contributed by atoms with Crippen molar-refractivity contribution in [1.82, 2.24) is 0 Å². The Bertz CT molecular complexity index is 307. The minimum absolute atomic E-state index is 0.351. The number of ether oxygens (including phenoxy) is 1. The lowest BCUT2D eigenvalue weighted by Crippen LogP contribution is -2.02. The molecule has 0 spiro atoms. The quantitative estimate of drug-likeness (QED) is 0.625. The summed E-state index contributed by atoms with van der Waals surface area (Å²) in [6.07, 6.45) is 0. The van der Waals surface area contributed by atoms with E-state index in [0.717, 1.165) is 0 Å². The van der Waals surface area contributed by atoms with E-state index in [2.05, 4.69) is 11.7 Å². The van der Waals surface area contributed by atoms with E-state index in [1.165, 1.54) is 7.11 Å². The first-order valence-electron chi connectivity index (χ1n) is 3.35. The summed E-state index contributed by atoms with van der Waals surface area (Å²) >= 11 is 5.80. The van der Waals surface area contributed by atoms with Crippen LogP contribution >= 0.6 is 11.6 Å². The summed E-state index contributed by atoms with van der Waals surface area (Å²) in [5, 5.41) is 0.351. The number of carbonyl (C=O) groups is 1. The van der Waals surface area contributed by atoms with Crippen LogP contribution in [-0.2, 0) is 4.74 Å². The molecule has 0 heterocycles. The molecule has 0 bridgehead atoms. The second-order valence-corrected chi connectivity index (χ2v) is 2.65. The Morgan fingerprint density at radius 1 is 1.58 bits per heavy atom. The minimum Gasteiger partial charge on any atom is -0.465 e. The first-order valence-corrected chi connectivity index (χ1v) is 3.73. The van der Waals surface area contributed by atoms with E-state index < -0.39 is 5.97 Å². The van der Waals surface area contributed by atoms with Gasteiger partial charge in [0, 0.05) is 0 Å². The van der Waals surface area contributed by atoms with Crippen molar-refractivity contribution in [2.45, 2.75) is 0 Å². The molecule has 0 aliphatic rings. The maximum absolute atomic E-state index is 11.1. The van der Waals surface area contributed by atoms with Crippen LogP contribution in [0.1, 0.15) is 15.9 Å². The Hall–Kier alpha value is -1.02. The predicted octanol–water partition coefficient (Wildman–Crippen LogP) is 2.31. The van der Waals surface area contributed by atoms with Gasteiger partial charge in [-0.25, -0.2) is 4.79 Å². The molecule has 1 aromatic carbocycles. The van der Waals surface area contributed by atoms with Gasteiger partial charge in [-0.1, -0.05) is 23.7 Å².